The standard InChI is InChI=1S/C11H12O3S/c1-7-4-3-5-14-9-8(7)6-15-10(9)11(12)13-2/h6H,1,3-5H2,2H3. The van der Waals surface area contributed by atoms with Crippen LogP contribution >= 0.6 is 11.3 Å². The number of thiophene rings is 1. The van der Waals surface area contributed by atoms with E-state index in [2.05, 4.69) is 6.58 Å². The van der Waals surface area contributed by atoms with Gasteiger partial charge in [-0.1, -0.05) is 6.58 Å². The summed E-state index contributed by atoms with van der Waals surface area (Å²) in [6, 6.07) is 0. The highest BCUT2D eigenvalue weighted by molar-refractivity contribution is 7.12. The van der Waals surface area contributed by atoms with Crippen LogP contribution in [-0.2, 0) is 4.74 Å². The van der Waals surface area contributed by atoms with E-state index in [1.54, 1.807) is 0 Å². The summed E-state index contributed by atoms with van der Waals surface area (Å²) in [7, 11) is 1.37. The Hall–Kier alpha value is -1.29. The Morgan fingerprint density at radius 1 is 1.67 bits per heavy atom. The maximum absolute atomic E-state index is 11.4. The van der Waals surface area contributed by atoms with Gasteiger partial charge in [0.1, 0.15) is 0 Å². The van der Waals surface area contributed by atoms with Crippen molar-refractivity contribution >= 4 is 22.9 Å². The first-order chi connectivity index (χ1) is 7.24. The average Bonchev–Trinajstić information content (AvgIpc) is 2.58. The molecule has 2 rings (SSSR count). The number of hydrogen-bond acceptors (Lipinski definition) is 4. The van der Waals surface area contributed by atoms with E-state index in [0.717, 1.165) is 24.0 Å². The van der Waals surface area contributed by atoms with Crippen molar-refractivity contribution in [2.24, 2.45) is 0 Å². The summed E-state index contributed by atoms with van der Waals surface area (Å²) in [5, 5.41) is 1.91. The number of carbonyl (C=O) groups is 1. The van der Waals surface area contributed by atoms with Crippen molar-refractivity contribution in [2.75, 3.05) is 13.7 Å². The SMILES string of the molecule is C=C1CCCOc2c1csc2C(=O)OC. The van der Waals surface area contributed by atoms with Crippen molar-refractivity contribution in [3.05, 3.63) is 22.4 Å². The molecule has 0 saturated carbocycles. The Morgan fingerprint density at radius 3 is 3.20 bits per heavy atom. The molecule has 0 unspecified atom stereocenters. The lowest BCUT2D eigenvalue weighted by Crippen LogP contribution is -2.03. The molecule has 2 heterocycles. The first kappa shape index (κ1) is 10.2. The van der Waals surface area contributed by atoms with Gasteiger partial charge in [-0.05, 0) is 18.4 Å². The summed E-state index contributed by atoms with van der Waals surface area (Å²) in [6.07, 6.45) is 1.86. The molecule has 1 aliphatic rings. The van der Waals surface area contributed by atoms with Gasteiger partial charge in [-0.15, -0.1) is 11.3 Å². The Morgan fingerprint density at radius 2 is 2.47 bits per heavy atom. The van der Waals surface area contributed by atoms with E-state index >= 15 is 0 Å². The monoisotopic (exact) mass is 224 g/mol. The second-order valence-corrected chi connectivity index (χ2v) is 4.23. The largest absolute Gasteiger partial charge is 0.491 e. The third kappa shape index (κ3) is 1.77. The van der Waals surface area contributed by atoms with Crippen LogP contribution in [-0.4, -0.2) is 19.7 Å². The van der Waals surface area contributed by atoms with Crippen LogP contribution in [0.4, 0.5) is 0 Å². The normalized spacial score (nSPS) is 15.1. The molecule has 0 aromatic carbocycles. The van der Waals surface area contributed by atoms with E-state index in [-0.39, 0.29) is 5.97 Å². The van der Waals surface area contributed by atoms with Crippen LogP contribution in [0.15, 0.2) is 12.0 Å². The highest BCUT2D eigenvalue weighted by atomic mass is 32.1. The predicted octanol–water partition coefficient (Wildman–Crippen LogP) is 2.72. The zero-order valence-electron chi connectivity index (χ0n) is 8.54. The molecule has 4 heteroatoms. The molecule has 0 amide bonds. The van der Waals surface area contributed by atoms with Gasteiger partial charge >= 0.3 is 5.97 Å². The number of fused-ring (bicyclic) bond motifs is 1. The minimum absolute atomic E-state index is 0.337. The molecule has 3 nitrogen and oxygen atoms in total. The number of ether oxygens (including phenoxy) is 2. The molecule has 0 atom stereocenters. The van der Waals surface area contributed by atoms with Gasteiger partial charge in [-0.25, -0.2) is 4.79 Å². The van der Waals surface area contributed by atoms with Crippen molar-refractivity contribution in [3.8, 4) is 5.75 Å². The van der Waals surface area contributed by atoms with Crippen molar-refractivity contribution < 1.29 is 14.3 Å². The average molecular weight is 224 g/mol. The first-order valence-corrected chi connectivity index (χ1v) is 5.62. The minimum Gasteiger partial charge on any atom is -0.491 e. The van der Waals surface area contributed by atoms with Crippen molar-refractivity contribution in [2.45, 2.75) is 12.8 Å². The molecular formula is C11H12O3S. The first-order valence-electron chi connectivity index (χ1n) is 4.74. The fourth-order valence-electron chi connectivity index (χ4n) is 1.56. The summed E-state index contributed by atoms with van der Waals surface area (Å²) in [6.45, 7) is 4.62. The van der Waals surface area contributed by atoms with Gasteiger partial charge in [0.05, 0.1) is 13.7 Å². The highest BCUT2D eigenvalue weighted by Gasteiger charge is 2.23. The van der Waals surface area contributed by atoms with Gasteiger partial charge in [-0.3, -0.25) is 0 Å². The molecule has 1 aromatic rings. The molecule has 0 saturated heterocycles. The van der Waals surface area contributed by atoms with Gasteiger partial charge < -0.3 is 9.47 Å². The lowest BCUT2D eigenvalue weighted by atomic mass is 10.1. The Kier molecular flexibility index (Phi) is 2.77. The van der Waals surface area contributed by atoms with Gasteiger partial charge in [0.15, 0.2) is 10.6 Å². The van der Waals surface area contributed by atoms with Gasteiger partial charge in [0.25, 0.3) is 0 Å². The fourth-order valence-corrected chi connectivity index (χ4v) is 2.53. The smallest absolute Gasteiger partial charge is 0.351 e. The third-order valence-electron chi connectivity index (χ3n) is 2.37. The van der Waals surface area contributed by atoms with Crippen LogP contribution in [0.1, 0.15) is 28.1 Å². The molecule has 1 aliphatic heterocycles. The summed E-state index contributed by atoms with van der Waals surface area (Å²) in [5.41, 5.74) is 1.99. The quantitative estimate of drug-likeness (QED) is 0.688. The second-order valence-electron chi connectivity index (χ2n) is 3.35. The zero-order valence-corrected chi connectivity index (χ0v) is 9.36. The third-order valence-corrected chi connectivity index (χ3v) is 3.31. The van der Waals surface area contributed by atoms with Gasteiger partial charge in [0, 0.05) is 10.9 Å². The van der Waals surface area contributed by atoms with E-state index < -0.39 is 0 Å². The van der Waals surface area contributed by atoms with E-state index in [0.29, 0.717) is 17.2 Å². The molecule has 0 fully saturated rings. The Balaban J connectivity index is 2.44. The van der Waals surface area contributed by atoms with E-state index in [9.17, 15) is 4.79 Å². The van der Waals surface area contributed by atoms with Crippen LogP contribution in [0, 0.1) is 0 Å². The lowest BCUT2D eigenvalue weighted by molar-refractivity contribution is 0.0602. The minimum atomic E-state index is -0.337. The van der Waals surface area contributed by atoms with Gasteiger partial charge in [-0.2, -0.15) is 0 Å². The lowest BCUT2D eigenvalue weighted by Gasteiger charge is -2.04. The number of methoxy groups -OCH3 is 1. The number of carbonyl (C=O) groups excluding carboxylic acids is 1. The van der Waals surface area contributed by atoms with Crippen LogP contribution in [0.25, 0.3) is 5.57 Å². The van der Waals surface area contributed by atoms with Crippen molar-refractivity contribution in [1.29, 1.82) is 0 Å². The molecule has 0 spiro atoms. The molecule has 80 valence electrons. The summed E-state index contributed by atoms with van der Waals surface area (Å²) >= 11 is 1.35. The summed E-state index contributed by atoms with van der Waals surface area (Å²) < 4.78 is 10.3. The van der Waals surface area contributed by atoms with E-state index in [1.165, 1.54) is 18.4 Å². The topological polar surface area (TPSA) is 35.5 Å². The van der Waals surface area contributed by atoms with Crippen LogP contribution in [0.3, 0.4) is 0 Å². The second kappa shape index (κ2) is 4.06. The number of allylic oxidation sites excluding steroid dienone is 1. The van der Waals surface area contributed by atoms with Crippen LogP contribution < -0.4 is 4.74 Å². The fraction of sp³-hybridized carbons (Fsp3) is 0.364. The molecule has 0 radical (unpaired) electrons. The molecule has 15 heavy (non-hydrogen) atoms. The molecule has 0 aliphatic carbocycles. The summed E-state index contributed by atoms with van der Waals surface area (Å²) in [5.74, 6) is 0.310. The van der Waals surface area contributed by atoms with Crippen molar-refractivity contribution in [1.82, 2.24) is 0 Å². The number of esters is 1. The number of rotatable bonds is 1. The maximum atomic E-state index is 11.4. The van der Waals surface area contributed by atoms with E-state index in [1.807, 2.05) is 5.38 Å². The molecule has 0 bridgehead atoms. The highest BCUT2D eigenvalue weighted by Crippen LogP contribution is 2.38. The Bertz CT molecular complexity index is 406. The van der Waals surface area contributed by atoms with Crippen LogP contribution in [0.5, 0.6) is 5.75 Å². The molecule has 0 N–H and O–H groups in total. The maximum Gasteiger partial charge on any atom is 0.351 e. The van der Waals surface area contributed by atoms with Crippen molar-refractivity contribution in [3.63, 3.8) is 0 Å². The molecular weight excluding hydrogens is 212 g/mol. The predicted molar refractivity (Wildman–Crippen MR) is 59.4 cm³/mol. The van der Waals surface area contributed by atoms with E-state index in [4.69, 9.17) is 9.47 Å². The Labute approximate surface area is 92.3 Å². The zero-order chi connectivity index (χ0) is 10.8. The molecule has 1 aromatic heterocycles. The van der Waals surface area contributed by atoms with Crippen LogP contribution in [0.2, 0.25) is 0 Å². The van der Waals surface area contributed by atoms with Gasteiger partial charge in [0.2, 0.25) is 0 Å². The summed E-state index contributed by atoms with van der Waals surface area (Å²) in [4.78, 5) is 12.0. The number of hydrogen-bond donors (Lipinski definition) is 0.